The van der Waals surface area contributed by atoms with E-state index in [1.807, 2.05) is 114 Å². The van der Waals surface area contributed by atoms with Crippen molar-refractivity contribution in [3.63, 3.8) is 0 Å². The Labute approximate surface area is 287 Å². The van der Waals surface area contributed by atoms with Crippen molar-refractivity contribution in [2.45, 2.75) is 0 Å². The Morgan fingerprint density at radius 3 is 1.85 bits per heavy atom. The maximum absolute atomic E-state index is 8.92. The first kappa shape index (κ1) is 18.7. The van der Waals surface area contributed by atoms with E-state index in [1.165, 1.54) is 0 Å². The summed E-state index contributed by atoms with van der Waals surface area (Å²) in [4.78, 5) is 4.90. The highest BCUT2D eigenvalue weighted by atomic mass is 15.1. The summed E-state index contributed by atoms with van der Waals surface area (Å²) in [6, 6.07) is 34.7. The Bertz CT molecular complexity index is 3080. The third-order valence-corrected chi connectivity index (χ3v) is 8.57. The molecule has 47 heavy (non-hydrogen) atoms. The molecule has 0 aliphatic heterocycles. The predicted molar refractivity (Wildman–Crippen MR) is 198 cm³/mol. The molecule has 0 bridgehead atoms. The maximum atomic E-state index is 8.92. The van der Waals surface area contributed by atoms with Crippen molar-refractivity contribution in [3.05, 3.63) is 182 Å². The van der Waals surface area contributed by atoms with Crippen molar-refractivity contribution < 1.29 is 13.7 Å². The van der Waals surface area contributed by atoms with Gasteiger partial charge in [-0.15, -0.1) is 0 Å². The molecule has 0 spiro atoms. The van der Waals surface area contributed by atoms with Crippen molar-refractivity contribution in [2.24, 2.45) is 0 Å². The molecule has 9 rings (SSSR count). The molecule has 0 atom stereocenters. The molecule has 0 unspecified atom stereocenters. The molecule has 1 heterocycles. The lowest BCUT2D eigenvalue weighted by Crippen LogP contribution is -2.01. The summed E-state index contributed by atoms with van der Waals surface area (Å²) < 4.78 is 87.5. The van der Waals surface area contributed by atoms with E-state index in [9.17, 15) is 0 Å². The van der Waals surface area contributed by atoms with Gasteiger partial charge < -0.3 is 0 Å². The van der Waals surface area contributed by atoms with Crippen LogP contribution < -0.4 is 0 Å². The Balaban J connectivity index is 1.43. The second-order valence-electron chi connectivity index (χ2n) is 11.2. The number of hydrogen-bond donors (Lipinski definition) is 0. The fourth-order valence-corrected chi connectivity index (χ4v) is 6.61. The van der Waals surface area contributed by atoms with Gasteiger partial charge in [0.2, 0.25) is 0 Å². The van der Waals surface area contributed by atoms with Gasteiger partial charge in [-0.2, -0.15) is 0 Å². The highest BCUT2D eigenvalue weighted by molar-refractivity contribution is 6.22. The van der Waals surface area contributed by atoms with E-state index < -0.39 is 36.3 Å². The molecule has 0 radical (unpaired) electrons. The van der Waals surface area contributed by atoms with Gasteiger partial charge in [-0.3, -0.25) is 4.57 Å². The molecule has 2 nitrogen and oxygen atoms in total. The lowest BCUT2D eigenvalue weighted by molar-refractivity contribution is 1.10. The number of aromatic nitrogens is 2. The van der Waals surface area contributed by atoms with E-state index in [4.69, 9.17) is 18.7 Å². The Kier molecular flexibility index (Phi) is 4.48. The summed E-state index contributed by atoms with van der Waals surface area (Å²) in [5.41, 5.74) is 5.90. The molecule has 220 valence electrons. The molecule has 0 N–H and O–H groups in total. The van der Waals surface area contributed by atoms with Crippen LogP contribution in [0.25, 0.3) is 83.0 Å². The van der Waals surface area contributed by atoms with E-state index in [0.717, 1.165) is 43.8 Å². The minimum atomic E-state index is -0.490. The molecule has 1 aromatic heterocycles. The number of fused-ring (bicyclic) bond motifs is 3. The minimum Gasteiger partial charge on any atom is -0.292 e. The number of imidazole rings is 1. The molecule has 0 amide bonds. The van der Waals surface area contributed by atoms with Gasteiger partial charge in [0.25, 0.3) is 0 Å². The zero-order chi connectivity index (χ0) is 39.9. The average Bonchev–Trinajstić information content (AvgIpc) is 3.61. The van der Waals surface area contributed by atoms with Gasteiger partial charge in [-0.25, -0.2) is 4.98 Å². The van der Waals surface area contributed by atoms with Gasteiger partial charge in [-0.05, 0) is 73.6 Å². The topological polar surface area (TPSA) is 17.8 Å². The Morgan fingerprint density at radius 2 is 1.06 bits per heavy atom. The van der Waals surface area contributed by atoms with Gasteiger partial charge in [0.05, 0.1) is 30.4 Å². The maximum Gasteiger partial charge on any atom is 0.145 e. The number of hydrogen-bond acceptors (Lipinski definition) is 1. The Hall–Kier alpha value is -6.25. The summed E-state index contributed by atoms with van der Waals surface area (Å²) >= 11 is 0. The first-order chi connectivity index (χ1) is 27.5. The second kappa shape index (κ2) is 11.3. The largest absolute Gasteiger partial charge is 0.292 e. The summed E-state index contributed by atoms with van der Waals surface area (Å²) in [5, 5.41) is 3.45. The molecule has 0 aliphatic carbocycles. The number of benzene rings is 8. The van der Waals surface area contributed by atoms with Crippen molar-refractivity contribution >= 4 is 32.6 Å². The van der Waals surface area contributed by atoms with E-state index in [-0.39, 0.29) is 41.1 Å². The van der Waals surface area contributed by atoms with Gasteiger partial charge in [0.15, 0.2) is 0 Å². The van der Waals surface area contributed by atoms with E-state index in [0.29, 0.717) is 22.3 Å². The van der Waals surface area contributed by atoms with Gasteiger partial charge in [0.1, 0.15) is 5.82 Å². The first-order valence-corrected chi connectivity index (χ1v) is 15.2. The molecule has 0 saturated heterocycles. The van der Waals surface area contributed by atoms with Crippen molar-refractivity contribution in [1.29, 1.82) is 0 Å². The first-order valence-electron chi connectivity index (χ1n) is 20.2. The highest BCUT2D eigenvalue weighted by Crippen LogP contribution is 2.46. The predicted octanol–water partition coefficient (Wildman–Crippen LogP) is 12.0. The van der Waals surface area contributed by atoms with Crippen molar-refractivity contribution in [3.8, 4) is 50.5 Å². The molecule has 8 aromatic carbocycles. The van der Waals surface area contributed by atoms with Crippen LogP contribution in [0.1, 0.15) is 13.7 Å². The van der Waals surface area contributed by atoms with Gasteiger partial charge in [0, 0.05) is 11.1 Å². The average molecular weight is 609 g/mol. The van der Waals surface area contributed by atoms with Crippen LogP contribution in [0.2, 0.25) is 0 Å². The Morgan fingerprint density at radius 1 is 0.447 bits per heavy atom. The highest BCUT2D eigenvalue weighted by Gasteiger charge is 2.22. The SMILES string of the molecule is [2H]c1c([2H])c([2H])c(-c2ccc3c(-c4ccccc4-n4c(-c5c([2H])c([2H])c([2H])c([2H])c5[2H])nc5ccccc54)c4ccccc4c(-c4ccccc4)c3c2)c([2H])c1[2H]. The fourth-order valence-electron chi connectivity index (χ4n) is 6.61. The van der Waals surface area contributed by atoms with Crippen LogP contribution in [0.5, 0.6) is 0 Å². The molecule has 0 aliphatic rings. The van der Waals surface area contributed by atoms with Gasteiger partial charge >= 0.3 is 0 Å². The van der Waals surface area contributed by atoms with Crippen LogP contribution in [-0.2, 0) is 0 Å². The molecule has 2 heteroatoms. The lowest BCUT2D eigenvalue weighted by Gasteiger charge is -2.21. The number of nitrogens with zero attached hydrogens (tertiary/aromatic N) is 2. The molecular formula is C45H30N2. The smallest absolute Gasteiger partial charge is 0.145 e. The molecule has 0 fully saturated rings. The summed E-state index contributed by atoms with van der Waals surface area (Å²) in [6.45, 7) is 0. The minimum absolute atomic E-state index is 0.0237. The lowest BCUT2D eigenvalue weighted by atomic mass is 9.84. The monoisotopic (exact) mass is 608 g/mol. The van der Waals surface area contributed by atoms with Crippen LogP contribution in [0, 0.1) is 0 Å². The second-order valence-corrected chi connectivity index (χ2v) is 11.2. The normalized spacial score (nSPS) is 14.4. The van der Waals surface area contributed by atoms with Crippen molar-refractivity contribution in [1.82, 2.24) is 9.55 Å². The van der Waals surface area contributed by atoms with E-state index >= 15 is 0 Å². The van der Waals surface area contributed by atoms with E-state index in [1.54, 1.807) is 6.07 Å². The third-order valence-electron chi connectivity index (χ3n) is 8.57. The molecular weight excluding hydrogens is 569 g/mol. The van der Waals surface area contributed by atoms with Crippen LogP contribution in [0.4, 0.5) is 0 Å². The quantitative estimate of drug-likeness (QED) is 0.178. The van der Waals surface area contributed by atoms with Crippen LogP contribution in [0.15, 0.2) is 182 Å². The molecule has 9 aromatic rings. The zero-order valence-electron chi connectivity index (χ0n) is 34.9. The van der Waals surface area contributed by atoms with Crippen LogP contribution >= 0.6 is 0 Å². The number of rotatable bonds is 5. The van der Waals surface area contributed by atoms with Crippen LogP contribution in [-0.4, -0.2) is 9.55 Å². The van der Waals surface area contributed by atoms with Crippen LogP contribution in [0.3, 0.4) is 0 Å². The number of para-hydroxylation sites is 3. The molecule has 0 saturated carbocycles. The fraction of sp³-hybridized carbons (Fsp3) is 0. The standard InChI is InChI=1S/C45H30N2/c1-4-16-31(17-5-1)34-28-29-37-39(30-34)43(32-18-6-2-7-19-32)35-22-10-11-23-36(35)44(37)38-24-12-14-26-41(38)47-42-27-15-13-25-40(42)46-45(47)33-20-8-3-9-21-33/h1-30H/i1D,3D,4D,5D,8D,9D,16D,17D,20D,21D. The summed E-state index contributed by atoms with van der Waals surface area (Å²) in [6.07, 6.45) is 0. The summed E-state index contributed by atoms with van der Waals surface area (Å²) in [7, 11) is 0. The van der Waals surface area contributed by atoms with E-state index in [2.05, 4.69) is 6.07 Å². The van der Waals surface area contributed by atoms with Gasteiger partial charge in [-0.1, -0.05) is 157 Å². The summed E-state index contributed by atoms with van der Waals surface area (Å²) in [5.74, 6) is 0.193. The zero-order valence-corrected chi connectivity index (χ0v) is 24.9. The van der Waals surface area contributed by atoms with Crippen molar-refractivity contribution in [2.75, 3.05) is 0 Å². The third kappa shape index (κ3) is 4.54.